The van der Waals surface area contributed by atoms with Crippen molar-refractivity contribution in [3.05, 3.63) is 23.0 Å². The SMILES string of the molecule is CCOC(=O)Cn1c(=NC(C)=O)sc2cc(OCC)ccc21. The lowest BCUT2D eigenvalue weighted by molar-refractivity contribution is -0.143. The maximum atomic E-state index is 11.8. The molecule has 1 heterocycles. The topological polar surface area (TPSA) is 69.9 Å². The fourth-order valence-corrected chi connectivity index (χ4v) is 3.12. The number of aromatic nitrogens is 1. The molecule has 0 radical (unpaired) electrons. The quantitative estimate of drug-likeness (QED) is 0.791. The molecule has 2 rings (SSSR count). The van der Waals surface area contributed by atoms with Crippen LogP contribution in [0.1, 0.15) is 20.8 Å². The van der Waals surface area contributed by atoms with Crippen LogP contribution in [0.3, 0.4) is 0 Å². The number of fused-ring (bicyclic) bond motifs is 1. The molecule has 0 saturated heterocycles. The van der Waals surface area contributed by atoms with E-state index in [1.165, 1.54) is 18.3 Å². The second-order valence-corrected chi connectivity index (χ2v) is 5.48. The molecule has 0 aliphatic rings. The van der Waals surface area contributed by atoms with Crippen LogP contribution in [-0.2, 0) is 20.9 Å². The monoisotopic (exact) mass is 322 g/mol. The number of carbonyl (C=O) groups is 2. The molecule has 2 aromatic rings. The Kier molecular flexibility index (Phi) is 5.32. The molecule has 0 bridgehead atoms. The van der Waals surface area contributed by atoms with Gasteiger partial charge in [0.2, 0.25) is 5.91 Å². The number of hydrogen-bond donors (Lipinski definition) is 0. The molecule has 118 valence electrons. The first-order valence-corrected chi connectivity index (χ1v) is 7.84. The summed E-state index contributed by atoms with van der Waals surface area (Å²) in [6.45, 7) is 5.96. The summed E-state index contributed by atoms with van der Waals surface area (Å²) in [5.74, 6) is 0.0733. The predicted octanol–water partition coefficient (Wildman–Crippen LogP) is 2.11. The standard InChI is InChI=1S/C15H18N2O4S/c1-4-20-11-6-7-12-13(8-11)22-15(16-10(3)18)17(12)9-14(19)21-5-2/h6-8H,4-5,9H2,1-3H3. The highest BCUT2D eigenvalue weighted by Gasteiger charge is 2.12. The molecule has 7 heteroatoms. The van der Waals surface area contributed by atoms with Crippen molar-refractivity contribution in [2.24, 2.45) is 4.99 Å². The molecule has 0 aliphatic carbocycles. The summed E-state index contributed by atoms with van der Waals surface area (Å²) in [5.41, 5.74) is 0.821. The molecule has 1 amide bonds. The molecule has 0 atom stereocenters. The van der Waals surface area contributed by atoms with Crippen molar-refractivity contribution in [1.82, 2.24) is 4.57 Å². The minimum Gasteiger partial charge on any atom is -0.494 e. The molecule has 1 aromatic heterocycles. The summed E-state index contributed by atoms with van der Waals surface area (Å²) in [5, 5.41) is 0. The van der Waals surface area contributed by atoms with Crippen LogP contribution < -0.4 is 9.54 Å². The van der Waals surface area contributed by atoms with Crippen LogP contribution in [0.2, 0.25) is 0 Å². The van der Waals surface area contributed by atoms with Crippen molar-refractivity contribution in [3.63, 3.8) is 0 Å². The molecule has 0 saturated carbocycles. The Bertz CT molecular complexity index is 760. The zero-order valence-electron chi connectivity index (χ0n) is 12.8. The fraction of sp³-hybridized carbons (Fsp3) is 0.400. The van der Waals surface area contributed by atoms with Gasteiger partial charge in [0.25, 0.3) is 0 Å². The van der Waals surface area contributed by atoms with Gasteiger partial charge in [-0.1, -0.05) is 11.3 Å². The first-order valence-electron chi connectivity index (χ1n) is 7.02. The molecular formula is C15H18N2O4S. The lowest BCUT2D eigenvalue weighted by atomic mass is 10.3. The van der Waals surface area contributed by atoms with E-state index in [9.17, 15) is 9.59 Å². The number of nitrogens with zero attached hydrogens (tertiary/aromatic N) is 2. The van der Waals surface area contributed by atoms with E-state index in [1.807, 2.05) is 25.1 Å². The highest BCUT2D eigenvalue weighted by Crippen LogP contribution is 2.23. The van der Waals surface area contributed by atoms with Crippen LogP contribution in [0.25, 0.3) is 10.2 Å². The van der Waals surface area contributed by atoms with Crippen molar-refractivity contribution < 1.29 is 19.1 Å². The van der Waals surface area contributed by atoms with Gasteiger partial charge in [0, 0.05) is 6.92 Å². The first kappa shape index (κ1) is 16.2. The van der Waals surface area contributed by atoms with E-state index in [-0.39, 0.29) is 18.4 Å². The fourth-order valence-electron chi connectivity index (χ4n) is 2.02. The maximum Gasteiger partial charge on any atom is 0.326 e. The van der Waals surface area contributed by atoms with Gasteiger partial charge >= 0.3 is 5.97 Å². The normalized spacial score (nSPS) is 11.7. The minimum absolute atomic E-state index is 0.0218. The maximum absolute atomic E-state index is 11.8. The number of carbonyl (C=O) groups excluding carboxylic acids is 2. The smallest absolute Gasteiger partial charge is 0.326 e. The Morgan fingerprint density at radius 3 is 2.68 bits per heavy atom. The van der Waals surface area contributed by atoms with Crippen LogP contribution in [-0.4, -0.2) is 29.7 Å². The summed E-state index contributed by atoms with van der Waals surface area (Å²) < 4.78 is 13.0. The summed E-state index contributed by atoms with van der Waals surface area (Å²) in [7, 11) is 0. The number of thiazole rings is 1. The van der Waals surface area contributed by atoms with Crippen molar-refractivity contribution in [2.45, 2.75) is 27.3 Å². The van der Waals surface area contributed by atoms with E-state index in [2.05, 4.69) is 4.99 Å². The van der Waals surface area contributed by atoms with Gasteiger partial charge in [-0.2, -0.15) is 4.99 Å². The second kappa shape index (κ2) is 7.22. The molecule has 0 fully saturated rings. The van der Waals surface area contributed by atoms with Gasteiger partial charge in [0.1, 0.15) is 12.3 Å². The summed E-state index contributed by atoms with van der Waals surface area (Å²) >= 11 is 1.34. The van der Waals surface area contributed by atoms with E-state index in [4.69, 9.17) is 9.47 Å². The zero-order chi connectivity index (χ0) is 16.1. The van der Waals surface area contributed by atoms with Gasteiger partial charge in [0.05, 0.1) is 23.4 Å². The van der Waals surface area contributed by atoms with E-state index in [0.717, 1.165) is 16.0 Å². The van der Waals surface area contributed by atoms with E-state index >= 15 is 0 Å². The van der Waals surface area contributed by atoms with E-state index in [0.29, 0.717) is 18.0 Å². The average molecular weight is 322 g/mol. The number of benzene rings is 1. The van der Waals surface area contributed by atoms with Gasteiger partial charge in [-0.3, -0.25) is 9.59 Å². The first-order chi connectivity index (χ1) is 10.5. The van der Waals surface area contributed by atoms with Gasteiger partial charge in [0.15, 0.2) is 4.80 Å². The number of hydrogen-bond acceptors (Lipinski definition) is 5. The number of ether oxygens (including phenoxy) is 2. The third kappa shape index (κ3) is 3.73. The molecule has 0 unspecified atom stereocenters. The number of esters is 1. The second-order valence-electron chi connectivity index (χ2n) is 4.47. The zero-order valence-corrected chi connectivity index (χ0v) is 13.6. The molecular weight excluding hydrogens is 304 g/mol. The van der Waals surface area contributed by atoms with Crippen LogP contribution >= 0.6 is 11.3 Å². The molecule has 22 heavy (non-hydrogen) atoms. The van der Waals surface area contributed by atoms with Gasteiger partial charge in [-0.05, 0) is 32.0 Å². The Labute approximate surface area is 132 Å². The molecule has 0 N–H and O–H groups in total. The van der Waals surface area contributed by atoms with Crippen LogP contribution in [0.15, 0.2) is 23.2 Å². The average Bonchev–Trinajstić information content (AvgIpc) is 2.76. The molecule has 6 nitrogen and oxygen atoms in total. The Morgan fingerprint density at radius 2 is 2.05 bits per heavy atom. The third-order valence-electron chi connectivity index (χ3n) is 2.81. The van der Waals surface area contributed by atoms with Gasteiger partial charge in [-0.25, -0.2) is 0 Å². The lowest BCUT2D eigenvalue weighted by Gasteiger charge is -2.06. The van der Waals surface area contributed by atoms with Crippen molar-refractivity contribution in [3.8, 4) is 5.75 Å². The summed E-state index contributed by atoms with van der Waals surface area (Å²) in [4.78, 5) is 27.5. The lowest BCUT2D eigenvalue weighted by Crippen LogP contribution is -2.22. The van der Waals surface area contributed by atoms with E-state index < -0.39 is 0 Å². The van der Waals surface area contributed by atoms with Crippen LogP contribution in [0.5, 0.6) is 5.75 Å². The minimum atomic E-state index is -0.360. The number of amides is 1. The van der Waals surface area contributed by atoms with Crippen molar-refractivity contribution in [2.75, 3.05) is 13.2 Å². The molecule has 0 spiro atoms. The van der Waals surface area contributed by atoms with Crippen molar-refractivity contribution in [1.29, 1.82) is 0 Å². The van der Waals surface area contributed by atoms with Gasteiger partial charge < -0.3 is 14.0 Å². The number of rotatable bonds is 5. The van der Waals surface area contributed by atoms with E-state index in [1.54, 1.807) is 11.5 Å². The highest BCUT2D eigenvalue weighted by atomic mass is 32.1. The van der Waals surface area contributed by atoms with Crippen LogP contribution in [0.4, 0.5) is 0 Å². The largest absolute Gasteiger partial charge is 0.494 e. The summed E-state index contributed by atoms with van der Waals surface area (Å²) in [6.07, 6.45) is 0. The van der Waals surface area contributed by atoms with Crippen LogP contribution in [0, 0.1) is 0 Å². The van der Waals surface area contributed by atoms with Crippen molar-refractivity contribution >= 4 is 33.4 Å². The summed E-state index contributed by atoms with van der Waals surface area (Å²) in [6, 6.07) is 5.57. The Morgan fingerprint density at radius 1 is 1.27 bits per heavy atom. The Balaban J connectivity index is 2.54. The molecule has 0 aliphatic heterocycles. The predicted molar refractivity (Wildman–Crippen MR) is 83.9 cm³/mol. The third-order valence-corrected chi connectivity index (χ3v) is 3.85. The molecule has 1 aromatic carbocycles. The Hall–Kier alpha value is -2.15. The highest BCUT2D eigenvalue weighted by molar-refractivity contribution is 7.16. The van der Waals surface area contributed by atoms with Gasteiger partial charge in [-0.15, -0.1) is 0 Å².